The van der Waals surface area contributed by atoms with Crippen LogP contribution in [0.1, 0.15) is 29.2 Å². The highest BCUT2D eigenvalue weighted by Gasteiger charge is 2.34. The second kappa shape index (κ2) is 6.58. The van der Waals surface area contributed by atoms with Gasteiger partial charge in [0.15, 0.2) is 0 Å². The van der Waals surface area contributed by atoms with Crippen LogP contribution in [-0.4, -0.2) is 20.7 Å². The molecule has 2 aromatic carbocycles. The van der Waals surface area contributed by atoms with Crippen LogP contribution in [0.15, 0.2) is 42.5 Å². The molecule has 1 aliphatic heterocycles. The number of aromatic nitrogens is 3. The third-order valence-corrected chi connectivity index (χ3v) is 6.48. The standard InChI is InChI=1S/C20H14Cl2N4OS/c1-10-18-13(12-7-6-11(21)8-14(12)22)9-17(27)24-19(18)26(25-10)20-23-15-4-2-3-5-16(15)28-20/h2-8,13H,9H2,1H3,(H,24,27). The number of nitrogens with one attached hydrogen (secondary N) is 1. The van der Waals surface area contributed by atoms with Crippen LogP contribution in [0.3, 0.4) is 0 Å². The lowest BCUT2D eigenvalue weighted by atomic mass is 9.86. The number of carbonyl (C=O) groups excluding carboxylic acids is 1. The Hall–Kier alpha value is -2.41. The second-order valence-electron chi connectivity index (χ2n) is 6.69. The summed E-state index contributed by atoms with van der Waals surface area (Å²) in [7, 11) is 0. The van der Waals surface area contributed by atoms with Crippen LogP contribution in [0.4, 0.5) is 5.82 Å². The number of amides is 1. The number of carbonyl (C=O) groups is 1. The minimum Gasteiger partial charge on any atom is -0.310 e. The molecule has 1 amide bonds. The zero-order chi connectivity index (χ0) is 19.4. The summed E-state index contributed by atoms with van der Waals surface area (Å²) in [6, 6.07) is 13.3. The number of rotatable bonds is 2. The van der Waals surface area contributed by atoms with Crippen molar-refractivity contribution >= 4 is 56.5 Å². The highest BCUT2D eigenvalue weighted by atomic mass is 35.5. The topological polar surface area (TPSA) is 59.8 Å². The first-order valence-corrected chi connectivity index (χ1v) is 10.3. The molecule has 4 aromatic rings. The van der Waals surface area contributed by atoms with Crippen LogP contribution in [0.25, 0.3) is 15.3 Å². The molecule has 0 saturated carbocycles. The number of nitrogens with zero attached hydrogens (tertiary/aromatic N) is 3. The molecular weight excluding hydrogens is 415 g/mol. The van der Waals surface area contributed by atoms with E-state index in [2.05, 4.69) is 10.3 Å². The SMILES string of the molecule is Cc1nn(-c2nc3ccccc3s2)c2c1C(c1ccc(Cl)cc1Cl)CC(=O)N2. The Balaban J connectivity index is 1.69. The van der Waals surface area contributed by atoms with Crippen molar-refractivity contribution in [2.45, 2.75) is 19.3 Å². The number of halogens is 2. The molecule has 1 N–H and O–H groups in total. The Labute approximate surface area is 174 Å². The number of thiazole rings is 1. The van der Waals surface area contributed by atoms with Gasteiger partial charge in [0, 0.05) is 27.9 Å². The molecule has 3 heterocycles. The fourth-order valence-electron chi connectivity index (χ4n) is 3.69. The normalized spacial score (nSPS) is 16.2. The summed E-state index contributed by atoms with van der Waals surface area (Å²) in [5, 5.41) is 9.51. The molecule has 0 aliphatic carbocycles. The van der Waals surface area contributed by atoms with Crippen LogP contribution in [0.5, 0.6) is 0 Å². The maximum absolute atomic E-state index is 12.5. The summed E-state index contributed by atoms with van der Waals surface area (Å²) in [5.41, 5.74) is 3.58. The Morgan fingerprint density at radius 2 is 2.04 bits per heavy atom. The minimum absolute atomic E-state index is 0.0780. The lowest BCUT2D eigenvalue weighted by molar-refractivity contribution is -0.116. The molecule has 0 radical (unpaired) electrons. The zero-order valence-corrected chi connectivity index (χ0v) is 17.1. The number of hydrogen-bond donors (Lipinski definition) is 1. The van der Waals surface area contributed by atoms with Gasteiger partial charge >= 0.3 is 0 Å². The van der Waals surface area contributed by atoms with Gasteiger partial charge in [0.1, 0.15) is 5.82 Å². The maximum Gasteiger partial charge on any atom is 0.226 e. The summed E-state index contributed by atoms with van der Waals surface area (Å²) in [6.07, 6.45) is 0.306. The van der Waals surface area contributed by atoms with Crippen LogP contribution < -0.4 is 5.32 Å². The number of anilines is 1. The number of aryl methyl sites for hydroxylation is 1. The Morgan fingerprint density at radius 3 is 2.82 bits per heavy atom. The molecular formula is C20H14Cl2N4OS. The third kappa shape index (κ3) is 2.80. The molecule has 1 aliphatic rings. The van der Waals surface area contributed by atoms with Gasteiger partial charge in [0.2, 0.25) is 11.0 Å². The van der Waals surface area contributed by atoms with Gasteiger partial charge in [-0.05, 0) is 36.8 Å². The Morgan fingerprint density at radius 1 is 1.21 bits per heavy atom. The van der Waals surface area contributed by atoms with Crippen LogP contribution in [0, 0.1) is 6.92 Å². The first kappa shape index (κ1) is 17.7. The predicted molar refractivity (Wildman–Crippen MR) is 113 cm³/mol. The van der Waals surface area contributed by atoms with E-state index < -0.39 is 0 Å². The summed E-state index contributed by atoms with van der Waals surface area (Å²) in [4.78, 5) is 17.2. The summed E-state index contributed by atoms with van der Waals surface area (Å²) in [5.74, 6) is 0.395. The smallest absolute Gasteiger partial charge is 0.226 e. The van der Waals surface area contributed by atoms with Gasteiger partial charge in [-0.15, -0.1) is 0 Å². The van der Waals surface area contributed by atoms with Crippen molar-refractivity contribution in [1.29, 1.82) is 0 Å². The van der Waals surface area contributed by atoms with Gasteiger partial charge in [0.25, 0.3) is 0 Å². The number of benzene rings is 2. The highest BCUT2D eigenvalue weighted by Crippen LogP contribution is 2.43. The van der Waals surface area contributed by atoms with Crippen molar-refractivity contribution in [3.8, 4) is 5.13 Å². The minimum atomic E-state index is -0.184. The fraction of sp³-hybridized carbons (Fsp3) is 0.150. The second-order valence-corrected chi connectivity index (χ2v) is 8.55. The fourth-order valence-corrected chi connectivity index (χ4v) is 5.15. The molecule has 0 spiro atoms. The van der Waals surface area contributed by atoms with Gasteiger partial charge in [-0.1, -0.05) is 52.7 Å². The van der Waals surface area contributed by atoms with E-state index in [4.69, 9.17) is 28.3 Å². The van der Waals surface area contributed by atoms with Gasteiger partial charge in [-0.3, -0.25) is 4.79 Å². The quantitative estimate of drug-likeness (QED) is 0.453. The Bertz CT molecular complexity index is 1210. The van der Waals surface area contributed by atoms with E-state index in [1.54, 1.807) is 16.8 Å². The van der Waals surface area contributed by atoms with Crippen LogP contribution >= 0.6 is 34.5 Å². The lowest BCUT2D eigenvalue weighted by Gasteiger charge is -2.24. The molecule has 2 aromatic heterocycles. The monoisotopic (exact) mass is 428 g/mol. The molecule has 8 heteroatoms. The van der Waals surface area contributed by atoms with Gasteiger partial charge < -0.3 is 5.32 Å². The van der Waals surface area contributed by atoms with Crippen LogP contribution in [-0.2, 0) is 4.79 Å². The largest absolute Gasteiger partial charge is 0.310 e. The number of para-hydroxylation sites is 1. The molecule has 1 atom stereocenters. The van der Waals surface area contributed by atoms with E-state index in [1.807, 2.05) is 37.3 Å². The molecule has 5 nitrogen and oxygen atoms in total. The average Bonchev–Trinajstić information content (AvgIpc) is 3.22. The molecule has 140 valence electrons. The van der Waals surface area contributed by atoms with E-state index in [1.165, 1.54) is 11.3 Å². The molecule has 1 unspecified atom stereocenters. The summed E-state index contributed by atoms with van der Waals surface area (Å²) >= 11 is 14.0. The first-order valence-electron chi connectivity index (χ1n) is 8.71. The maximum atomic E-state index is 12.5. The van der Waals surface area contributed by atoms with Gasteiger partial charge in [-0.25, -0.2) is 4.98 Å². The van der Waals surface area contributed by atoms with Crippen molar-refractivity contribution in [3.05, 3.63) is 69.3 Å². The van der Waals surface area contributed by atoms with Crippen molar-refractivity contribution < 1.29 is 4.79 Å². The molecule has 0 fully saturated rings. The third-order valence-electron chi connectivity index (χ3n) is 4.90. The van der Waals surface area contributed by atoms with Gasteiger partial charge in [0.05, 0.1) is 15.9 Å². The van der Waals surface area contributed by atoms with Gasteiger partial charge in [-0.2, -0.15) is 9.78 Å². The predicted octanol–water partition coefficient (Wildman–Crippen LogP) is 5.57. The zero-order valence-electron chi connectivity index (χ0n) is 14.7. The average molecular weight is 429 g/mol. The number of fused-ring (bicyclic) bond motifs is 2. The lowest BCUT2D eigenvalue weighted by Crippen LogP contribution is -2.25. The van der Waals surface area contributed by atoms with Crippen molar-refractivity contribution in [2.75, 3.05) is 5.32 Å². The van der Waals surface area contributed by atoms with E-state index in [9.17, 15) is 4.79 Å². The highest BCUT2D eigenvalue weighted by molar-refractivity contribution is 7.20. The van der Waals surface area contributed by atoms with E-state index >= 15 is 0 Å². The number of hydrogen-bond acceptors (Lipinski definition) is 4. The van der Waals surface area contributed by atoms with E-state index in [0.29, 0.717) is 27.4 Å². The summed E-state index contributed by atoms with van der Waals surface area (Å²) in [6.45, 7) is 1.94. The first-order chi connectivity index (χ1) is 13.5. The van der Waals surface area contributed by atoms with Crippen molar-refractivity contribution in [2.24, 2.45) is 0 Å². The summed E-state index contributed by atoms with van der Waals surface area (Å²) < 4.78 is 2.79. The van der Waals surface area contributed by atoms with Crippen molar-refractivity contribution in [3.63, 3.8) is 0 Å². The molecule has 0 bridgehead atoms. The van der Waals surface area contributed by atoms with Crippen LogP contribution in [0.2, 0.25) is 10.0 Å². The molecule has 5 rings (SSSR count). The molecule has 28 heavy (non-hydrogen) atoms. The van der Waals surface area contributed by atoms with E-state index in [0.717, 1.165) is 27.0 Å². The molecule has 0 saturated heterocycles. The Kier molecular flexibility index (Phi) is 4.16. The van der Waals surface area contributed by atoms with E-state index in [-0.39, 0.29) is 11.8 Å². The van der Waals surface area contributed by atoms with Crippen molar-refractivity contribution in [1.82, 2.24) is 14.8 Å².